The molecule has 1 heterocycles. The van der Waals surface area contributed by atoms with Crippen molar-refractivity contribution in [3.63, 3.8) is 0 Å². The van der Waals surface area contributed by atoms with E-state index in [2.05, 4.69) is 5.32 Å². The van der Waals surface area contributed by atoms with E-state index in [0.29, 0.717) is 19.0 Å². The Morgan fingerprint density at radius 1 is 1.48 bits per heavy atom. The van der Waals surface area contributed by atoms with E-state index < -0.39 is 0 Å². The largest absolute Gasteiger partial charge is 0.497 e. The summed E-state index contributed by atoms with van der Waals surface area (Å²) in [6.07, 6.45) is 4.00. The number of carbonyl (C=O) groups is 1. The lowest BCUT2D eigenvalue weighted by molar-refractivity contribution is -0.130. The fourth-order valence-corrected chi connectivity index (χ4v) is 2.62. The molecule has 1 amide bonds. The van der Waals surface area contributed by atoms with Crippen LogP contribution in [-0.4, -0.2) is 37.6 Å². The van der Waals surface area contributed by atoms with Gasteiger partial charge in [0.25, 0.3) is 0 Å². The van der Waals surface area contributed by atoms with Crippen LogP contribution in [0.2, 0.25) is 0 Å². The van der Waals surface area contributed by atoms with Crippen molar-refractivity contribution in [3.05, 3.63) is 29.8 Å². The molecule has 0 spiro atoms. The van der Waals surface area contributed by atoms with E-state index in [4.69, 9.17) is 4.74 Å². The van der Waals surface area contributed by atoms with Crippen LogP contribution in [0.1, 0.15) is 31.2 Å². The number of hydrogen-bond donors (Lipinski definition) is 1. The van der Waals surface area contributed by atoms with Gasteiger partial charge in [-0.25, -0.2) is 0 Å². The molecule has 0 aliphatic carbocycles. The summed E-state index contributed by atoms with van der Waals surface area (Å²) >= 11 is 0. The first-order chi connectivity index (χ1) is 9.69. The highest BCUT2D eigenvalue weighted by Crippen LogP contribution is 2.15. The second kappa shape index (κ2) is 8.90. The van der Waals surface area contributed by atoms with Gasteiger partial charge in [0.05, 0.1) is 7.11 Å². The van der Waals surface area contributed by atoms with Crippen molar-refractivity contribution in [2.75, 3.05) is 20.7 Å². The fraction of sp³-hybridized carbons (Fsp3) is 0.562. The van der Waals surface area contributed by atoms with Crippen molar-refractivity contribution in [1.29, 1.82) is 0 Å². The third-order valence-corrected chi connectivity index (χ3v) is 3.85. The van der Waals surface area contributed by atoms with E-state index in [0.717, 1.165) is 24.3 Å². The molecule has 1 saturated heterocycles. The van der Waals surface area contributed by atoms with Gasteiger partial charge in [-0.1, -0.05) is 12.1 Å². The maximum atomic E-state index is 12.1. The summed E-state index contributed by atoms with van der Waals surface area (Å²) in [4.78, 5) is 13.9. The van der Waals surface area contributed by atoms with Gasteiger partial charge in [-0.3, -0.25) is 4.79 Å². The molecule has 0 radical (unpaired) electrons. The summed E-state index contributed by atoms with van der Waals surface area (Å²) in [5.74, 6) is 1.04. The molecule has 1 aromatic rings. The Labute approximate surface area is 133 Å². The first kappa shape index (κ1) is 17.8. The van der Waals surface area contributed by atoms with Gasteiger partial charge >= 0.3 is 0 Å². The molecule has 0 saturated carbocycles. The van der Waals surface area contributed by atoms with Crippen LogP contribution in [0.3, 0.4) is 0 Å². The molecule has 1 aliphatic heterocycles. The normalized spacial score (nSPS) is 17.1. The number of methoxy groups -OCH3 is 1. The minimum absolute atomic E-state index is 0. The average Bonchev–Trinajstić information content (AvgIpc) is 2.98. The minimum atomic E-state index is 0. The SMILES string of the molecule is COc1cccc(CN(C)C(=O)CCC2CCCN2)c1.Cl. The lowest BCUT2D eigenvalue weighted by Gasteiger charge is -2.19. The molecule has 1 aromatic carbocycles. The van der Waals surface area contributed by atoms with Crippen molar-refractivity contribution in [2.45, 2.75) is 38.3 Å². The van der Waals surface area contributed by atoms with Gasteiger partial charge in [-0.15, -0.1) is 12.4 Å². The van der Waals surface area contributed by atoms with E-state index in [1.165, 1.54) is 12.8 Å². The molecule has 1 unspecified atom stereocenters. The number of amides is 1. The van der Waals surface area contributed by atoms with Crippen molar-refractivity contribution in [2.24, 2.45) is 0 Å². The number of nitrogens with zero attached hydrogens (tertiary/aromatic N) is 1. The second-order valence-electron chi connectivity index (χ2n) is 5.43. The zero-order valence-electron chi connectivity index (χ0n) is 12.8. The second-order valence-corrected chi connectivity index (χ2v) is 5.43. The highest BCUT2D eigenvalue weighted by Gasteiger charge is 2.17. The van der Waals surface area contributed by atoms with E-state index >= 15 is 0 Å². The molecule has 1 fully saturated rings. The average molecular weight is 313 g/mol. The van der Waals surface area contributed by atoms with Gasteiger partial charge in [0.1, 0.15) is 5.75 Å². The highest BCUT2D eigenvalue weighted by molar-refractivity contribution is 5.85. The van der Waals surface area contributed by atoms with Crippen molar-refractivity contribution in [3.8, 4) is 5.75 Å². The molecule has 2 rings (SSSR count). The summed E-state index contributed by atoms with van der Waals surface area (Å²) < 4.78 is 5.20. The summed E-state index contributed by atoms with van der Waals surface area (Å²) in [7, 11) is 3.52. The summed E-state index contributed by atoms with van der Waals surface area (Å²) in [5, 5.41) is 3.43. The Hall–Kier alpha value is -1.26. The molecule has 0 aromatic heterocycles. The zero-order chi connectivity index (χ0) is 14.4. The first-order valence-electron chi connectivity index (χ1n) is 7.29. The van der Waals surface area contributed by atoms with E-state index in [1.807, 2.05) is 31.3 Å². The Bertz CT molecular complexity index is 448. The smallest absolute Gasteiger partial charge is 0.222 e. The van der Waals surface area contributed by atoms with Crippen LogP contribution in [-0.2, 0) is 11.3 Å². The van der Waals surface area contributed by atoms with Crippen LogP contribution in [0, 0.1) is 0 Å². The quantitative estimate of drug-likeness (QED) is 0.878. The van der Waals surface area contributed by atoms with E-state index in [-0.39, 0.29) is 18.3 Å². The van der Waals surface area contributed by atoms with Crippen molar-refractivity contribution >= 4 is 18.3 Å². The molecule has 1 N–H and O–H groups in total. The number of ether oxygens (including phenoxy) is 1. The van der Waals surface area contributed by atoms with Gasteiger partial charge in [0.15, 0.2) is 0 Å². The van der Waals surface area contributed by atoms with Crippen molar-refractivity contribution < 1.29 is 9.53 Å². The molecular weight excluding hydrogens is 288 g/mol. The van der Waals surface area contributed by atoms with Crippen LogP contribution in [0.5, 0.6) is 5.75 Å². The minimum Gasteiger partial charge on any atom is -0.497 e. The molecule has 21 heavy (non-hydrogen) atoms. The number of nitrogens with one attached hydrogen (secondary N) is 1. The summed E-state index contributed by atoms with van der Waals surface area (Å²) in [6, 6.07) is 8.39. The van der Waals surface area contributed by atoms with Gasteiger partial charge < -0.3 is 15.0 Å². The maximum Gasteiger partial charge on any atom is 0.222 e. The van der Waals surface area contributed by atoms with Gasteiger partial charge in [-0.2, -0.15) is 0 Å². The summed E-state index contributed by atoms with van der Waals surface area (Å²) in [5.41, 5.74) is 1.10. The Balaban J connectivity index is 0.00000220. The van der Waals surface area contributed by atoms with Gasteiger partial charge in [0.2, 0.25) is 5.91 Å². The van der Waals surface area contributed by atoms with Crippen LogP contribution >= 0.6 is 12.4 Å². The number of benzene rings is 1. The van der Waals surface area contributed by atoms with Gasteiger partial charge in [0, 0.05) is 26.1 Å². The summed E-state index contributed by atoms with van der Waals surface area (Å²) in [6.45, 7) is 1.73. The maximum absolute atomic E-state index is 12.1. The number of halogens is 1. The number of rotatable bonds is 6. The highest BCUT2D eigenvalue weighted by atomic mass is 35.5. The number of hydrogen-bond acceptors (Lipinski definition) is 3. The molecule has 5 heteroatoms. The number of carbonyl (C=O) groups excluding carboxylic acids is 1. The van der Waals surface area contributed by atoms with Crippen LogP contribution in [0.4, 0.5) is 0 Å². The van der Waals surface area contributed by atoms with E-state index in [1.54, 1.807) is 12.0 Å². The Morgan fingerprint density at radius 2 is 2.29 bits per heavy atom. The Kier molecular flexibility index (Phi) is 7.54. The molecule has 118 valence electrons. The Morgan fingerprint density at radius 3 is 2.95 bits per heavy atom. The molecular formula is C16H25ClN2O2. The molecule has 4 nitrogen and oxygen atoms in total. The topological polar surface area (TPSA) is 41.6 Å². The van der Waals surface area contributed by atoms with Crippen LogP contribution in [0.15, 0.2) is 24.3 Å². The standard InChI is InChI=1S/C16H24N2O2.ClH/c1-18(12-13-5-3-7-15(11-13)20-2)16(19)9-8-14-6-4-10-17-14;/h3,5,7,11,14,17H,4,6,8-10,12H2,1-2H3;1H. The predicted molar refractivity (Wildman–Crippen MR) is 87.0 cm³/mol. The molecule has 1 atom stereocenters. The fourth-order valence-electron chi connectivity index (χ4n) is 2.62. The molecule has 1 aliphatic rings. The van der Waals surface area contributed by atoms with E-state index in [9.17, 15) is 4.79 Å². The predicted octanol–water partition coefficient (Wildman–Crippen LogP) is 2.61. The lowest BCUT2D eigenvalue weighted by Crippen LogP contribution is -2.29. The third-order valence-electron chi connectivity index (χ3n) is 3.85. The van der Waals surface area contributed by atoms with Crippen LogP contribution in [0.25, 0.3) is 0 Å². The monoisotopic (exact) mass is 312 g/mol. The van der Waals surface area contributed by atoms with Crippen LogP contribution < -0.4 is 10.1 Å². The lowest BCUT2D eigenvalue weighted by atomic mass is 10.1. The molecule has 0 bridgehead atoms. The van der Waals surface area contributed by atoms with Gasteiger partial charge in [-0.05, 0) is 43.5 Å². The van der Waals surface area contributed by atoms with Crippen molar-refractivity contribution in [1.82, 2.24) is 10.2 Å². The first-order valence-corrected chi connectivity index (χ1v) is 7.29. The third kappa shape index (κ3) is 5.56. The zero-order valence-corrected chi connectivity index (χ0v) is 13.6.